The molecule has 2 heterocycles. The van der Waals surface area contributed by atoms with Crippen LogP contribution in [0, 0.1) is 5.92 Å². The summed E-state index contributed by atoms with van der Waals surface area (Å²) in [6.07, 6.45) is 4.22. The molecule has 1 N–H and O–H groups in total. The molecular weight excluding hydrogens is 219 g/mol. The van der Waals surface area contributed by atoms with E-state index >= 15 is 0 Å². The molecule has 2 rings (SSSR count). The summed E-state index contributed by atoms with van der Waals surface area (Å²) in [4.78, 5) is 2.69. The number of piperidine rings is 1. The average Bonchev–Trinajstić information content (AvgIpc) is 2.56. The van der Waals surface area contributed by atoms with Gasteiger partial charge in [-0.15, -0.1) is 24.8 Å². The van der Waals surface area contributed by atoms with Crippen LogP contribution >= 0.6 is 24.8 Å². The summed E-state index contributed by atoms with van der Waals surface area (Å²) in [6, 6.07) is 0.854. The van der Waals surface area contributed by atoms with Crippen molar-refractivity contribution in [3.05, 3.63) is 0 Å². The molecule has 0 aromatic carbocycles. The van der Waals surface area contributed by atoms with Gasteiger partial charge in [0.25, 0.3) is 0 Å². The first-order valence-corrected chi connectivity index (χ1v) is 5.31. The lowest BCUT2D eigenvalue weighted by atomic mass is 9.98. The van der Waals surface area contributed by atoms with E-state index in [1.807, 2.05) is 0 Å². The predicted octanol–water partition coefficient (Wildman–Crippen LogP) is 1.92. The maximum absolute atomic E-state index is 3.44. The molecule has 2 fully saturated rings. The van der Waals surface area contributed by atoms with Crippen molar-refractivity contribution in [3.8, 4) is 0 Å². The van der Waals surface area contributed by atoms with E-state index in [0.29, 0.717) is 0 Å². The highest BCUT2D eigenvalue weighted by Crippen LogP contribution is 2.19. The van der Waals surface area contributed by atoms with E-state index in [9.17, 15) is 0 Å². The van der Waals surface area contributed by atoms with Crippen LogP contribution in [0.15, 0.2) is 0 Å². The minimum Gasteiger partial charge on any atom is -0.315 e. The van der Waals surface area contributed by atoms with Gasteiger partial charge in [0.2, 0.25) is 0 Å². The highest BCUT2D eigenvalue weighted by molar-refractivity contribution is 5.85. The average molecular weight is 241 g/mol. The van der Waals surface area contributed by atoms with Gasteiger partial charge in [-0.1, -0.05) is 6.92 Å². The molecule has 0 aromatic heterocycles. The fraction of sp³-hybridized carbons (Fsp3) is 1.00. The summed E-state index contributed by atoms with van der Waals surface area (Å²) in [6.45, 7) is 7.53. The van der Waals surface area contributed by atoms with Gasteiger partial charge in [0.15, 0.2) is 0 Å². The van der Waals surface area contributed by atoms with Crippen molar-refractivity contribution >= 4 is 24.8 Å². The Bertz CT molecular complexity index is 149. The van der Waals surface area contributed by atoms with Crippen LogP contribution < -0.4 is 5.32 Å². The normalized spacial score (nSPS) is 33.2. The summed E-state index contributed by atoms with van der Waals surface area (Å²) >= 11 is 0. The first-order valence-electron chi connectivity index (χ1n) is 5.31. The molecule has 0 amide bonds. The van der Waals surface area contributed by atoms with Crippen LogP contribution in [0.25, 0.3) is 0 Å². The number of likely N-dealkylation sites (tertiary alicyclic amines) is 1. The lowest BCUT2D eigenvalue weighted by Crippen LogP contribution is -2.43. The number of rotatable bonds is 1. The Morgan fingerprint density at radius 3 is 2.57 bits per heavy atom. The Hall–Kier alpha value is 0.500. The maximum atomic E-state index is 3.44. The van der Waals surface area contributed by atoms with Crippen molar-refractivity contribution in [3.63, 3.8) is 0 Å². The monoisotopic (exact) mass is 240 g/mol. The second-order valence-corrected chi connectivity index (χ2v) is 4.39. The van der Waals surface area contributed by atoms with Gasteiger partial charge >= 0.3 is 0 Å². The van der Waals surface area contributed by atoms with E-state index < -0.39 is 0 Å². The third kappa shape index (κ3) is 3.58. The van der Waals surface area contributed by atoms with Crippen LogP contribution in [-0.4, -0.2) is 37.1 Å². The van der Waals surface area contributed by atoms with Crippen LogP contribution in [0.3, 0.4) is 0 Å². The van der Waals surface area contributed by atoms with Crippen molar-refractivity contribution in [2.24, 2.45) is 5.92 Å². The van der Waals surface area contributed by atoms with Crippen molar-refractivity contribution in [1.29, 1.82) is 0 Å². The van der Waals surface area contributed by atoms with Crippen molar-refractivity contribution in [2.75, 3.05) is 26.2 Å². The molecule has 2 unspecified atom stereocenters. The van der Waals surface area contributed by atoms with Gasteiger partial charge < -0.3 is 5.32 Å². The van der Waals surface area contributed by atoms with Crippen molar-refractivity contribution in [1.82, 2.24) is 10.2 Å². The predicted molar refractivity (Wildman–Crippen MR) is 65.7 cm³/mol. The Labute approximate surface area is 99.6 Å². The second-order valence-electron chi connectivity index (χ2n) is 4.39. The summed E-state index contributed by atoms with van der Waals surface area (Å²) in [5.74, 6) is 0.930. The van der Waals surface area contributed by atoms with Crippen molar-refractivity contribution in [2.45, 2.75) is 32.2 Å². The lowest BCUT2D eigenvalue weighted by Gasteiger charge is -2.35. The SMILES string of the molecule is CC1CCCN(C2CCNC2)C1.Cl.Cl. The maximum Gasteiger partial charge on any atom is 0.0232 e. The first-order chi connectivity index (χ1) is 5.86. The number of halogens is 2. The standard InChI is InChI=1S/C10H20N2.2ClH/c1-9-3-2-6-12(8-9)10-4-5-11-7-10;;/h9-11H,2-8H2,1H3;2*1H. The zero-order chi connectivity index (χ0) is 8.39. The number of hydrogen-bond acceptors (Lipinski definition) is 2. The molecular formula is C10H22Cl2N2. The molecule has 0 aliphatic carbocycles. The molecule has 2 aliphatic rings. The van der Waals surface area contributed by atoms with E-state index in [1.165, 1.54) is 45.4 Å². The fourth-order valence-corrected chi connectivity index (χ4v) is 2.51. The quantitative estimate of drug-likeness (QED) is 0.754. The summed E-state index contributed by atoms with van der Waals surface area (Å²) in [5.41, 5.74) is 0. The molecule has 86 valence electrons. The van der Waals surface area contributed by atoms with E-state index in [4.69, 9.17) is 0 Å². The Morgan fingerprint density at radius 2 is 2.00 bits per heavy atom. The Morgan fingerprint density at radius 1 is 1.21 bits per heavy atom. The van der Waals surface area contributed by atoms with Gasteiger partial charge in [-0.05, 0) is 38.3 Å². The molecule has 2 saturated heterocycles. The summed E-state index contributed by atoms with van der Waals surface area (Å²) < 4.78 is 0. The second kappa shape index (κ2) is 6.89. The number of hydrogen-bond donors (Lipinski definition) is 1. The van der Waals surface area contributed by atoms with Crippen LogP contribution in [-0.2, 0) is 0 Å². The minimum atomic E-state index is 0. The van der Waals surface area contributed by atoms with Gasteiger partial charge in [-0.3, -0.25) is 4.90 Å². The summed E-state index contributed by atoms with van der Waals surface area (Å²) in [7, 11) is 0. The van der Waals surface area contributed by atoms with E-state index in [-0.39, 0.29) is 24.8 Å². The van der Waals surface area contributed by atoms with E-state index in [0.717, 1.165) is 12.0 Å². The Balaban J connectivity index is 0.000000845. The first kappa shape index (κ1) is 14.5. The molecule has 14 heavy (non-hydrogen) atoms. The zero-order valence-corrected chi connectivity index (χ0v) is 10.5. The number of nitrogens with one attached hydrogen (secondary N) is 1. The molecule has 2 atom stereocenters. The molecule has 4 heteroatoms. The molecule has 0 radical (unpaired) electrons. The van der Waals surface area contributed by atoms with Crippen molar-refractivity contribution < 1.29 is 0 Å². The van der Waals surface area contributed by atoms with Gasteiger partial charge in [-0.25, -0.2) is 0 Å². The third-order valence-electron chi connectivity index (χ3n) is 3.24. The van der Waals surface area contributed by atoms with Gasteiger partial charge in [0, 0.05) is 19.1 Å². The molecule has 0 bridgehead atoms. The molecule has 0 saturated carbocycles. The molecule has 2 nitrogen and oxygen atoms in total. The number of nitrogens with zero attached hydrogens (tertiary/aromatic N) is 1. The van der Waals surface area contributed by atoms with Gasteiger partial charge in [0.1, 0.15) is 0 Å². The van der Waals surface area contributed by atoms with Crippen LogP contribution in [0.2, 0.25) is 0 Å². The molecule has 2 aliphatic heterocycles. The smallest absolute Gasteiger partial charge is 0.0232 e. The largest absolute Gasteiger partial charge is 0.315 e. The fourth-order valence-electron chi connectivity index (χ4n) is 2.51. The highest BCUT2D eigenvalue weighted by Gasteiger charge is 2.25. The summed E-state index contributed by atoms with van der Waals surface area (Å²) in [5, 5.41) is 3.44. The van der Waals surface area contributed by atoms with Gasteiger partial charge in [0.05, 0.1) is 0 Å². The van der Waals surface area contributed by atoms with Gasteiger partial charge in [-0.2, -0.15) is 0 Å². The minimum absolute atomic E-state index is 0. The third-order valence-corrected chi connectivity index (χ3v) is 3.24. The molecule has 0 aromatic rings. The highest BCUT2D eigenvalue weighted by atomic mass is 35.5. The van der Waals surface area contributed by atoms with Crippen LogP contribution in [0.4, 0.5) is 0 Å². The molecule has 0 spiro atoms. The van der Waals surface area contributed by atoms with E-state index in [1.54, 1.807) is 0 Å². The van der Waals surface area contributed by atoms with E-state index in [2.05, 4.69) is 17.1 Å². The van der Waals surface area contributed by atoms with Crippen LogP contribution in [0.5, 0.6) is 0 Å². The van der Waals surface area contributed by atoms with Crippen LogP contribution in [0.1, 0.15) is 26.2 Å². The topological polar surface area (TPSA) is 15.3 Å². The lowest BCUT2D eigenvalue weighted by molar-refractivity contribution is 0.138. The zero-order valence-electron chi connectivity index (χ0n) is 8.87. The Kier molecular flexibility index (Phi) is 7.13.